The lowest BCUT2D eigenvalue weighted by Gasteiger charge is -2.14. The summed E-state index contributed by atoms with van der Waals surface area (Å²) in [6, 6.07) is 20.7. The van der Waals surface area contributed by atoms with Crippen LogP contribution in [0.5, 0.6) is 11.5 Å². The molecular formula is C25H30ClN3O4. The number of nitro benzene ring substituents is 1. The largest absolute Gasteiger partial charge is 0.490 e. The van der Waals surface area contributed by atoms with Crippen LogP contribution in [0.3, 0.4) is 0 Å². The minimum absolute atomic E-state index is 0. The van der Waals surface area contributed by atoms with E-state index in [0.29, 0.717) is 26.3 Å². The molecule has 0 saturated carbocycles. The maximum atomic E-state index is 10.7. The summed E-state index contributed by atoms with van der Waals surface area (Å²) in [4.78, 5) is 10.3. The second-order valence-electron chi connectivity index (χ2n) is 7.40. The Balaban J connectivity index is 0.00000385. The smallest absolute Gasteiger partial charge is 0.269 e. The van der Waals surface area contributed by atoms with E-state index >= 15 is 0 Å². The van der Waals surface area contributed by atoms with Gasteiger partial charge < -0.3 is 20.1 Å². The number of nitro groups is 1. The lowest BCUT2D eigenvalue weighted by molar-refractivity contribution is -0.384. The van der Waals surface area contributed by atoms with Gasteiger partial charge in [-0.2, -0.15) is 0 Å². The molecule has 3 rings (SSSR count). The van der Waals surface area contributed by atoms with Gasteiger partial charge in [-0.1, -0.05) is 35.9 Å². The van der Waals surface area contributed by atoms with Gasteiger partial charge >= 0.3 is 0 Å². The van der Waals surface area contributed by atoms with E-state index in [1.807, 2.05) is 25.1 Å². The summed E-state index contributed by atoms with van der Waals surface area (Å²) in [5.41, 5.74) is 4.38. The first kappa shape index (κ1) is 26.0. The van der Waals surface area contributed by atoms with Gasteiger partial charge in [0.15, 0.2) is 11.5 Å². The van der Waals surface area contributed by atoms with E-state index in [9.17, 15) is 10.1 Å². The van der Waals surface area contributed by atoms with Crippen molar-refractivity contribution in [1.29, 1.82) is 0 Å². The normalized spacial score (nSPS) is 10.2. The molecule has 3 aromatic rings. The van der Waals surface area contributed by atoms with Gasteiger partial charge in [0.2, 0.25) is 0 Å². The fourth-order valence-corrected chi connectivity index (χ4v) is 3.12. The number of halogens is 1. The molecule has 0 saturated heterocycles. The number of nitrogens with zero attached hydrogens (tertiary/aromatic N) is 1. The monoisotopic (exact) mass is 471 g/mol. The van der Waals surface area contributed by atoms with Crippen molar-refractivity contribution in [2.45, 2.75) is 27.0 Å². The molecule has 0 aliphatic rings. The third-order valence-corrected chi connectivity index (χ3v) is 4.86. The molecule has 0 fully saturated rings. The molecule has 0 aliphatic heterocycles. The first-order valence-electron chi connectivity index (χ1n) is 10.7. The zero-order chi connectivity index (χ0) is 22.8. The molecule has 7 nitrogen and oxygen atoms in total. The van der Waals surface area contributed by atoms with E-state index in [1.165, 1.54) is 17.7 Å². The van der Waals surface area contributed by atoms with Crippen LogP contribution in [-0.2, 0) is 13.2 Å². The van der Waals surface area contributed by atoms with E-state index in [0.717, 1.165) is 34.9 Å². The van der Waals surface area contributed by atoms with Crippen molar-refractivity contribution >= 4 is 23.8 Å². The first-order valence-corrected chi connectivity index (χ1v) is 10.7. The van der Waals surface area contributed by atoms with Crippen LogP contribution in [0.4, 0.5) is 11.4 Å². The topological polar surface area (TPSA) is 85.7 Å². The zero-order valence-electron chi connectivity index (χ0n) is 18.9. The van der Waals surface area contributed by atoms with Gasteiger partial charge in [-0.25, -0.2) is 0 Å². The summed E-state index contributed by atoms with van der Waals surface area (Å²) in [5, 5.41) is 17.3. The number of nitrogens with one attached hydrogen (secondary N) is 2. The summed E-state index contributed by atoms with van der Waals surface area (Å²) in [5.74, 6) is 1.47. The van der Waals surface area contributed by atoms with Crippen molar-refractivity contribution in [1.82, 2.24) is 5.32 Å². The molecule has 0 aromatic heterocycles. The quantitative estimate of drug-likeness (QED) is 0.206. The van der Waals surface area contributed by atoms with Crippen molar-refractivity contribution in [2.24, 2.45) is 0 Å². The number of ether oxygens (including phenoxy) is 2. The van der Waals surface area contributed by atoms with Gasteiger partial charge in [0.05, 0.1) is 11.5 Å². The molecule has 0 bridgehead atoms. The molecule has 0 radical (unpaired) electrons. The van der Waals surface area contributed by atoms with Crippen molar-refractivity contribution < 1.29 is 14.4 Å². The molecule has 8 heteroatoms. The van der Waals surface area contributed by atoms with Crippen LogP contribution < -0.4 is 20.1 Å². The maximum Gasteiger partial charge on any atom is 0.269 e. The predicted octanol–water partition coefficient (Wildman–Crippen LogP) is 5.50. The SMILES string of the molecule is CCOc1cc(CNCCNc2ccc([N+](=O)[O-])cc2)ccc1OCc1ccc(C)cc1.Cl. The van der Waals surface area contributed by atoms with Crippen LogP contribution in [0.15, 0.2) is 66.7 Å². The number of benzene rings is 3. The zero-order valence-corrected chi connectivity index (χ0v) is 19.7. The number of non-ortho nitro benzene ring substituents is 1. The minimum Gasteiger partial charge on any atom is -0.490 e. The van der Waals surface area contributed by atoms with Crippen LogP contribution in [0, 0.1) is 17.0 Å². The molecule has 176 valence electrons. The predicted molar refractivity (Wildman–Crippen MR) is 134 cm³/mol. The van der Waals surface area contributed by atoms with Crippen molar-refractivity contribution in [3.63, 3.8) is 0 Å². The number of hydrogen-bond donors (Lipinski definition) is 2. The molecule has 0 atom stereocenters. The van der Waals surface area contributed by atoms with E-state index in [4.69, 9.17) is 9.47 Å². The third-order valence-electron chi connectivity index (χ3n) is 4.86. The van der Waals surface area contributed by atoms with E-state index < -0.39 is 4.92 Å². The Hall–Kier alpha value is -3.29. The van der Waals surface area contributed by atoms with Gasteiger partial charge in [-0.3, -0.25) is 10.1 Å². The summed E-state index contributed by atoms with van der Waals surface area (Å²) >= 11 is 0. The maximum absolute atomic E-state index is 10.7. The number of aryl methyl sites for hydroxylation is 1. The molecule has 33 heavy (non-hydrogen) atoms. The Morgan fingerprint density at radius 3 is 2.24 bits per heavy atom. The molecule has 3 aromatic carbocycles. The van der Waals surface area contributed by atoms with Gasteiger partial charge in [0.1, 0.15) is 6.61 Å². The highest BCUT2D eigenvalue weighted by molar-refractivity contribution is 5.85. The fraction of sp³-hybridized carbons (Fsp3) is 0.280. The van der Waals surface area contributed by atoms with Gasteiger partial charge in [-0.15, -0.1) is 12.4 Å². The second kappa shape index (κ2) is 13.3. The van der Waals surface area contributed by atoms with Crippen LogP contribution in [-0.4, -0.2) is 24.6 Å². The molecule has 0 spiro atoms. The lowest BCUT2D eigenvalue weighted by Crippen LogP contribution is -2.21. The van der Waals surface area contributed by atoms with E-state index in [2.05, 4.69) is 41.8 Å². The minimum atomic E-state index is -0.402. The Morgan fingerprint density at radius 1 is 0.879 bits per heavy atom. The molecule has 0 amide bonds. The summed E-state index contributed by atoms with van der Waals surface area (Å²) in [6.45, 7) is 7.22. The summed E-state index contributed by atoms with van der Waals surface area (Å²) in [6.07, 6.45) is 0. The Labute approximate surface area is 200 Å². The molecule has 2 N–H and O–H groups in total. The van der Waals surface area contributed by atoms with E-state index in [1.54, 1.807) is 12.1 Å². The Bertz CT molecular complexity index is 1010. The lowest BCUT2D eigenvalue weighted by atomic mass is 10.1. The summed E-state index contributed by atoms with van der Waals surface area (Å²) in [7, 11) is 0. The first-order chi connectivity index (χ1) is 15.5. The van der Waals surface area contributed by atoms with Gasteiger partial charge in [-0.05, 0) is 49.2 Å². The highest BCUT2D eigenvalue weighted by Gasteiger charge is 2.08. The Kier molecular flexibility index (Phi) is 10.5. The van der Waals surface area contributed by atoms with Gasteiger partial charge in [0.25, 0.3) is 5.69 Å². The van der Waals surface area contributed by atoms with Crippen LogP contribution in [0.25, 0.3) is 0 Å². The Morgan fingerprint density at radius 2 is 1.58 bits per heavy atom. The number of hydrogen-bond acceptors (Lipinski definition) is 6. The highest BCUT2D eigenvalue weighted by Crippen LogP contribution is 2.29. The third kappa shape index (κ3) is 8.29. The highest BCUT2D eigenvalue weighted by atomic mass is 35.5. The van der Waals surface area contributed by atoms with Crippen LogP contribution in [0.2, 0.25) is 0 Å². The molecule has 0 aliphatic carbocycles. The second-order valence-corrected chi connectivity index (χ2v) is 7.40. The molecule has 0 heterocycles. The van der Waals surface area contributed by atoms with Crippen molar-refractivity contribution in [3.8, 4) is 11.5 Å². The standard InChI is InChI=1S/C25H29N3O4.ClH/c1-3-31-25-16-21(8-13-24(25)32-18-20-6-4-19(2)5-7-20)17-26-14-15-27-22-9-11-23(12-10-22)28(29)30;/h4-13,16,26-27H,3,14-15,17-18H2,1-2H3;1H. The van der Waals surface area contributed by atoms with Crippen LogP contribution in [0.1, 0.15) is 23.6 Å². The average Bonchev–Trinajstić information content (AvgIpc) is 2.80. The number of rotatable bonds is 12. The molecular weight excluding hydrogens is 442 g/mol. The average molecular weight is 472 g/mol. The fourth-order valence-electron chi connectivity index (χ4n) is 3.12. The molecule has 0 unspecified atom stereocenters. The van der Waals surface area contributed by atoms with Gasteiger partial charge in [0, 0.05) is 37.5 Å². The van der Waals surface area contributed by atoms with Crippen molar-refractivity contribution in [3.05, 3.63) is 93.5 Å². The summed E-state index contributed by atoms with van der Waals surface area (Å²) < 4.78 is 11.8. The van der Waals surface area contributed by atoms with Crippen molar-refractivity contribution in [2.75, 3.05) is 25.0 Å². The number of anilines is 1. The van der Waals surface area contributed by atoms with Crippen LogP contribution >= 0.6 is 12.4 Å². The van der Waals surface area contributed by atoms with E-state index in [-0.39, 0.29) is 18.1 Å².